The first-order valence-electron chi connectivity index (χ1n) is 9.24. The van der Waals surface area contributed by atoms with Gasteiger partial charge in [-0.3, -0.25) is 9.78 Å². The van der Waals surface area contributed by atoms with Crippen LogP contribution in [-0.2, 0) is 16.1 Å². The summed E-state index contributed by atoms with van der Waals surface area (Å²) in [5, 5.41) is 2.66. The molecule has 0 aliphatic heterocycles. The first-order valence-corrected chi connectivity index (χ1v) is 9.24. The number of rotatable bonds is 10. The zero-order valence-corrected chi connectivity index (χ0v) is 15.9. The van der Waals surface area contributed by atoms with Gasteiger partial charge in [0.2, 0.25) is 11.7 Å². The van der Waals surface area contributed by atoms with E-state index in [1.54, 1.807) is 0 Å². The SMILES string of the molecule is CC(=O)NCCOC1CC(COc2ncnc(OCc3cc(F)ccn3)c2F)C1. The predicted octanol–water partition coefficient (Wildman–Crippen LogP) is 2.04. The number of carbonyl (C=O) groups is 1. The van der Waals surface area contributed by atoms with Crippen molar-refractivity contribution in [2.75, 3.05) is 19.8 Å². The molecule has 3 rings (SSSR count). The van der Waals surface area contributed by atoms with Gasteiger partial charge in [-0.2, -0.15) is 14.4 Å². The Kier molecular flexibility index (Phi) is 7.23. The van der Waals surface area contributed by atoms with E-state index >= 15 is 0 Å². The number of nitrogens with one attached hydrogen (secondary N) is 1. The number of nitrogens with zero attached hydrogens (tertiary/aromatic N) is 3. The lowest BCUT2D eigenvalue weighted by atomic mass is 9.83. The quantitative estimate of drug-likeness (QED) is 0.601. The van der Waals surface area contributed by atoms with Crippen LogP contribution >= 0.6 is 0 Å². The van der Waals surface area contributed by atoms with Crippen LogP contribution < -0.4 is 14.8 Å². The number of ether oxygens (including phenoxy) is 3. The second-order valence-corrected chi connectivity index (χ2v) is 6.68. The topological polar surface area (TPSA) is 95.5 Å². The summed E-state index contributed by atoms with van der Waals surface area (Å²) in [5.74, 6) is -1.60. The summed E-state index contributed by atoms with van der Waals surface area (Å²) in [7, 11) is 0. The number of carbonyl (C=O) groups excluding carboxylic acids is 1. The third-order valence-electron chi connectivity index (χ3n) is 4.34. The van der Waals surface area contributed by atoms with Crippen LogP contribution in [0.5, 0.6) is 11.8 Å². The van der Waals surface area contributed by atoms with Crippen molar-refractivity contribution in [1.82, 2.24) is 20.3 Å². The van der Waals surface area contributed by atoms with Gasteiger partial charge >= 0.3 is 0 Å². The molecule has 0 radical (unpaired) electrons. The van der Waals surface area contributed by atoms with E-state index in [1.165, 1.54) is 25.3 Å². The Labute approximate surface area is 166 Å². The molecule has 1 saturated carbocycles. The molecule has 1 N–H and O–H groups in total. The molecule has 0 spiro atoms. The standard InChI is InChI=1S/C19H22F2N4O4/c1-12(26)22-4-5-27-16-6-13(7-16)9-28-18-17(21)19(25-11-24-18)29-10-15-8-14(20)2-3-23-15/h2-3,8,11,13,16H,4-7,9-10H2,1H3,(H,22,26). The van der Waals surface area contributed by atoms with Crippen molar-refractivity contribution >= 4 is 5.91 Å². The molecule has 1 aliphatic rings. The molecule has 8 nitrogen and oxygen atoms in total. The van der Waals surface area contributed by atoms with Crippen LogP contribution in [0.1, 0.15) is 25.5 Å². The average Bonchev–Trinajstić information content (AvgIpc) is 2.65. The highest BCUT2D eigenvalue weighted by Crippen LogP contribution is 2.31. The molecule has 0 atom stereocenters. The first kappa shape index (κ1) is 20.8. The Morgan fingerprint density at radius 3 is 2.69 bits per heavy atom. The number of halogens is 2. The van der Waals surface area contributed by atoms with E-state index < -0.39 is 11.6 Å². The molecule has 0 unspecified atom stereocenters. The lowest BCUT2D eigenvalue weighted by Gasteiger charge is -2.34. The predicted molar refractivity (Wildman–Crippen MR) is 97.2 cm³/mol. The molecule has 156 valence electrons. The fourth-order valence-electron chi connectivity index (χ4n) is 2.81. The summed E-state index contributed by atoms with van der Waals surface area (Å²) in [4.78, 5) is 22.2. The van der Waals surface area contributed by atoms with Crippen molar-refractivity contribution in [2.24, 2.45) is 5.92 Å². The number of aromatic nitrogens is 3. The third kappa shape index (κ3) is 6.31. The molecule has 10 heteroatoms. The summed E-state index contributed by atoms with van der Waals surface area (Å²) < 4.78 is 43.9. The Morgan fingerprint density at radius 1 is 1.21 bits per heavy atom. The summed E-state index contributed by atoms with van der Waals surface area (Å²) in [5.41, 5.74) is 0.310. The van der Waals surface area contributed by atoms with Crippen molar-refractivity contribution in [2.45, 2.75) is 32.5 Å². The van der Waals surface area contributed by atoms with Gasteiger partial charge in [0.25, 0.3) is 11.8 Å². The Bertz CT molecular complexity index is 834. The van der Waals surface area contributed by atoms with Crippen molar-refractivity contribution in [3.8, 4) is 11.8 Å². The normalized spacial score (nSPS) is 18.0. The van der Waals surface area contributed by atoms with Gasteiger partial charge in [0, 0.05) is 19.7 Å². The molecule has 29 heavy (non-hydrogen) atoms. The summed E-state index contributed by atoms with van der Waals surface area (Å²) in [6.07, 6.45) is 4.14. The van der Waals surface area contributed by atoms with Crippen LogP contribution in [0.15, 0.2) is 24.7 Å². The molecule has 0 bridgehead atoms. The number of hydrogen-bond donors (Lipinski definition) is 1. The van der Waals surface area contributed by atoms with E-state index in [0.29, 0.717) is 25.5 Å². The second kappa shape index (κ2) is 10.1. The van der Waals surface area contributed by atoms with Gasteiger partial charge in [-0.05, 0) is 30.9 Å². The monoisotopic (exact) mass is 408 g/mol. The van der Waals surface area contributed by atoms with E-state index in [-0.39, 0.29) is 36.3 Å². The van der Waals surface area contributed by atoms with Crippen molar-refractivity contribution < 1.29 is 27.8 Å². The van der Waals surface area contributed by atoms with Gasteiger partial charge in [0.15, 0.2) is 0 Å². The van der Waals surface area contributed by atoms with Gasteiger partial charge < -0.3 is 19.5 Å². The van der Waals surface area contributed by atoms with Crippen LogP contribution in [0.3, 0.4) is 0 Å². The van der Waals surface area contributed by atoms with Gasteiger partial charge in [0.1, 0.15) is 18.8 Å². The number of amides is 1. The van der Waals surface area contributed by atoms with Gasteiger partial charge in [0.05, 0.1) is 25.0 Å². The van der Waals surface area contributed by atoms with Crippen molar-refractivity contribution in [3.05, 3.63) is 42.0 Å². The number of pyridine rings is 1. The zero-order valence-electron chi connectivity index (χ0n) is 15.9. The maximum Gasteiger partial charge on any atom is 0.258 e. The average molecular weight is 408 g/mol. The molecule has 0 saturated heterocycles. The molecular weight excluding hydrogens is 386 g/mol. The van der Waals surface area contributed by atoms with E-state index in [0.717, 1.165) is 19.2 Å². The fourth-order valence-corrected chi connectivity index (χ4v) is 2.81. The minimum atomic E-state index is -0.814. The first-order chi connectivity index (χ1) is 14.0. The van der Waals surface area contributed by atoms with Crippen LogP contribution in [0.25, 0.3) is 0 Å². The summed E-state index contributed by atoms with van der Waals surface area (Å²) in [6, 6.07) is 2.40. The maximum absolute atomic E-state index is 14.4. The highest BCUT2D eigenvalue weighted by Gasteiger charge is 2.31. The van der Waals surface area contributed by atoms with Crippen LogP contribution in [-0.4, -0.2) is 46.7 Å². The lowest BCUT2D eigenvalue weighted by molar-refractivity contribution is -0.119. The fraction of sp³-hybridized carbons (Fsp3) is 0.474. The number of hydrogen-bond acceptors (Lipinski definition) is 7. The van der Waals surface area contributed by atoms with E-state index in [1.807, 2.05) is 0 Å². The third-order valence-corrected chi connectivity index (χ3v) is 4.34. The molecule has 1 fully saturated rings. The Hall–Kier alpha value is -2.88. The molecule has 2 aromatic heterocycles. The molecule has 1 aliphatic carbocycles. The van der Waals surface area contributed by atoms with E-state index in [4.69, 9.17) is 14.2 Å². The molecule has 2 aromatic rings. The molecule has 2 heterocycles. The van der Waals surface area contributed by atoms with E-state index in [9.17, 15) is 13.6 Å². The summed E-state index contributed by atoms with van der Waals surface area (Å²) in [6.45, 7) is 2.56. The van der Waals surface area contributed by atoms with Gasteiger partial charge in [-0.15, -0.1) is 0 Å². The second-order valence-electron chi connectivity index (χ2n) is 6.68. The molecular formula is C19H22F2N4O4. The Balaban J connectivity index is 1.41. The molecule has 0 aromatic carbocycles. The van der Waals surface area contributed by atoms with E-state index in [2.05, 4.69) is 20.3 Å². The molecule has 1 amide bonds. The smallest absolute Gasteiger partial charge is 0.258 e. The van der Waals surface area contributed by atoms with Crippen LogP contribution in [0, 0.1) is 17.6 Å². The minimum Gasteiger partial charge on any atom is -0.475 e. The minimum absolute atomic E-state index is 0.0871. The van der Waals surface area contributed by atoms with Crippen LogP contribution in [0.4, 0.5) is 8.78 Å². The largest absolute Gasteiger partial charge is 0.475 e. The van der Waals surface area contributed by atoms with Crippen molar-refractivity contribution in [1.29, 1.82) is 0 Å². The highest BCUT2D eigenvalue weighted by molar-refractivity contribution is 5.72. The lowest BCUT2D eigenvalue weighted by Crippen LogP contribution is -2.37. The van der Waals surface area contributed by atoms with Gasteiger partial charge in [-0.25, -0.2) is 4.39 Å². The summed E-state index contributed by atoms with van der Waals surface area (Å²) >= 11 is 0. The highest BCUT2D eigenvalue weighted by atomic mass is 19.1. The van der Waals surface area contributed by atoms with Gasteiger partial charge in [-0.1, -0.05) is 0 Å². The Morgan fingerprint density at radius 2 is 1.97 bits per heavy atom. The zero-order chi connectivity index (χ0) is 20.6. The van der Waals surface area contributed by atoms with Crippen LogP contribution in [0.2, 0.25) is 0 Å². The van der Waals surface area contributed by atoms with Crippen molar-refractivity contribution in [3.63, 3.8) is 0 Å². The maximum atomic E-state index is 14.4.